The van der Waals surface area contributed by atoms with Crippen molar-refractivity contribution >= 4 is 21.8 Å². The lowest BCUT2D eigenvalue weighted by atomic mass is 9.88. The van der Waals surface area contributed by atoms with E-state index in [1.165, 1.54) is 0 Å². The molecule has 4 heteroatoms. The second-order valence-electron chi connectivity index (χ2n) is 4.88. The summed E-state index contributed by atoms with van der Waals surface area (Å²) in [5.74, 6) is -0.0509. The molecule has 1 amide bonds. The lowest BCUT2D eigenvalue weighted by molar-refractivity contribution is 0.0934. The Kier molecular flexibility index (Phi) is 5.62. The fraction of sp³-hybridized carbons (Fsp3) is 0.538. The van der Waals surface area contributed by atoms with Crippen molar-refractivity contribution in [2.45, 2.75) is 26.7 Å². The molecule has 3 nitrogen and oxygen atoms in total. The molecule has 1 aromatic rings. The van der Waals surface area contributed by atoms with Gasteiger partial charge in [0.25, 0.3) is 5.91 Å². The van der Waals surface area contributed by atoms with Crippen LogP contribution in [-0.2, 0) is 0 Å². The number of pyridine rings is 1. The van der Waals surface area contributed by atoms with Crippen molar-refractivity contribution in [3.8, 4) is 0 Å². The minimum atomic E-state index is -0.0509. The summed E-state index contributed by atoms with van der Waals surface area (Å²) in [4.78, 5) is 15.7. The molecular weight excluding hydrogens is 280 g/mol. The maximum Gasteiger partial charge on any atom is 0.252 e. The highest BCUT2D eigenvalue weighted by atomic mass is 79.9. The first-order valence-electron chi connectivity index (χ1n) is 5.79. The molecule has 1 rings (SSSR count). The number of alkyl halides is 1. The summed E-state index contributed by atoms with van der Waals surface area (Å²) in [7, 11) is 0. The first-order chi connectivity index (χ1) is 8.05. The zero-order chi connectivity index (χ0) is 12.7. The molecule has 0 spiro atoms. The Morgan fingerprint density at radius 2 is 2.29 bits per heavy atom. The molecule has 0 saturated heterocycles. The molecule has 0 bridgehead atoms. The largest absolute Gasteiger partial charge is 0.351 e. The van der Waals surface area contributed by atoms with Crippen LogP contribution in [0.25, 0.3) is 0 Å². The Labute approximate surface area is 111 Å². The highest BCUT2D eigenvalue weighted by Gasteiger charge is 2.18. The van der Waals surface area contributed by atoms with E-state index in [1.807, 2.05) is 0 Å². The van der Waals surface area contributed by atoms with Gasteiger partial charge in [-0.15, -0.1) is 0 Å². The molecule has 1 N–H and O–H groups in total. The molecule has 0 radical (unpaired) electrons. The van der Waals surface area contributed by atoms with Crippen LogP contribution in [-0.4, -0.2) is 22.8 Å². The molecule has 0 atom stereocenters. The molecule has 0 aliphatic heterocycles. The van der Waals surface area contributed by atoms with Crippen molar-refractivity contribution in [3.05, 3.63) is 30.1 Å². The molecule has 0 fully saturated rings. The lowest BCUT2D eigenvalue weighted by Crippen LogP contribution is -2.34. The third-order valence-electron chi connectivity index (χ3n) is 2.64. The van der Waals surface area contributed by atoms with Gasteiger partial charge in [-0.05, 0) is 30.4 Å². The average Bonchev–Trinajstić information content (AvgIpc) is 2.35. The Morgan fingerprint density at radius 1 is 1.53 bits per heavy atom. The Hall–Kier alpha value is -0.900. The summed E-state index contributed by atoms with van der Waals surface area (Å²) in [6.07, 6.45) is 5.46. The summed E-state index contributed by atoms with van der Waals surface area (Å²) in [6.45, 7) is 5.02. The summed E-state index contributed by atoms with van der Waals surface area (Å²) in [6, 6.07) is 3.54. The van der Waals surface area contributed by atoms with Crippen LogP contribution in [0.1, 0.15) is 37.0 Å². The maximum atomic E-state index is 11.8. The van der Waals surface area contributed by atoms with Crippen LogP contribution in [0.5, 0.6) is 0 Å². The summed E-state index contributed by atoms with van der Waals surface area (Å²) < 4.78 is 0. The summed E-state index contributed by atoms with van der Waals surface area (Å²) >= 11 is 3.42. The van der Waals surface area contributed by atoms with Gasteiger partial charge in [0.15, 0.2) is 0 Å². The molecule has 17 heavy (non-hydrogen) atoms. The molecule has 0 aliphatic carbocycles. The monoisotopic (exact) mass is 298 g/mol. The zero-order valence-corrected chi connectivity index (χ0v) is 12.0. The van der Waals surface area contributed by atoms with Gasteiger partial charge in [-0.3, -0.25) is 9.78 Å². The quantitative estimate of drug-likeness (QED) is 0.820. The van der Waals surface area contributed by atoms with Crippen LogP contribution in [0.15, 0.2) is 24.5 Å². The number of nitrogens with zero attached hydrogens (tertiary/aromatic N) is 1. The third kappa shape index (κ3) is 5.31. The standard InChI is InChI=1S/C13H19BrN2O/c1-13(2,6-4-7-14)10-16-12(17)11-5-3-8-15-9-11/h3,5,8-9H,4,6-7,10H2,1-2H3,(H,16,17). The number of aromatic nitrogens is 1. The van der Waals surface area contributed by atoms with Crippen LogP contribution in [0.3, 0.4) is 0 Å². The minimum absolute atomic E-state index is 0.0509. The number of halogens is 1. The Bertz CT molecular complexity index is 352. The van der Waals surface area contributed by atoms with Gasteiger partial charge < -0.3 is 5.32 Å². The van der Waals surface area contributed by atoms with E-state index in [0.29, 0.717) is 12.1 Å². The number of amides is 1. The second kappa shape index (κ2) is 6.74. The van der Waals surface area contributed by atoms with Gasteiger partial charge in [-0.1, -0.05) is 29.8 Å². The van der Waals surface area contributed by atoms with Crippen LogP contribution in [0.2, 0.25) is 0 Å². The number of carbonyl (C=O) groups excluding carboxylic acids is 1. The van der Waals surface area contributed by atoms with E-state index in [1.54, 1.807) is 24.5 Å². The van der Waals surface area contributed by atoms with Crippen LogP contribution >= 0.6 is 15.9 Å². The van der Waals surface area contributed by atoms with Gasteiger partial charge in [0.2, 0.25) is 0 Å². The fourth-order valence-corrected chi connectivity index (χ4v) is 1.83. The Morgan fingerprint density at radius 3 is 2.88 bits per heavy atom. The lowest BCUT2D eigenvalue weighted by Gasteiger charge is -2.24. The number of hydrogen-bond acceptors (Lipinski definition) is 2. The van der Waals surface area contributed by atoms with E-state index >= 15 is 0 Å². The SMILES string of the molecule is CC(C)(CCCBr)CNC(=O)c1cccnc1. The number of hydrogen-bond donors (Lipinski definition) is 1. The van der Waals surface area contributed by atoms with Crippen molar-refractivity contribution in [2.75, 3.05) is 11.9 Å². The van der Waals surface area contributed by atoms with E-state index in [0.717, 1.165) is 18.2 Å². The zero-order valence-electron chi connectivity index (χ0n) is 10.4. The van der Waals surface area contributed by atoms with Crippen molar-refractivity contribution < 1.29 is 4.79 Å². The first-order valence-corrected chi connectivity index (χ1v) is 6.91. The normalized spacial score (nSPS) is 11.2. The van der Waals surface area contributed by atoms with E-state index in [4.69, 9.17) is 0 Å². The maximum absolute atomic E-state index is 11.8. The summed E-state index contributed by atoms with van der Waals surface area (Å²) in [5, 5.41) is 3.96. The van der Waals surface area contributed by atoms with E-state index in [-0.39, 0.29) is 11.3 Å². The van der Waals surface area contributed by atoms with Gasteiger partial charge in [0.05, 0.1) is 5.56 Å². The fourth-order valence-electron chi connectivity index (χ4n) is 1.55. The van der Waals surface area contributed by atoms with E-state index in [2.05, 4.69) is 40.1 Å². The van der Waals surface area contributed by atoms with E-state index < -0.39 is 0 Å². The predicted molar refractivity (Wildman–Crippen MR) is 73.4 cm³/mol. The predicted octanol–water partition coefficient (Wildman–Crippen LogP) is 3.01. The molecule has 0 aromatic carbocycles. The molecular formula is C13H19BrN2O. The molecule has 1 aromatic heterocycles. The topological polar surface area (TPSA) is 42.0 Å². The molecule has 0 aliphatic rings. The molecule has 1 heterocycles. The van der Waals surface area contributed by atoms with Gasteiger partial charge in [-0.2, -0.15) is 0 Å². The second-order valence-corrected chi connectivity index (χ2v) is 5.67. The van der Waals surface area contributed by atoms with Gasteiger partial charge in [-0.25, -0.2) is 0 Å². The third-order valence-corrected chi connectivity index (χ3v) is 3.20. The Balaban J connectivity index is 2.43. The van der Waals surface area contributed by atoms with Crippen LogP contribution in [0, 0.1) is 5.41 Å². The van der Waals surface area contributed by atoms with Gasteiger partial charge in [0, 0.05) is 24.3 Å². The number of nitrogens with one attached hydrogen (secondary N) is 1. The van der Waals surface area contributed by atoms with Crippen molar-refractivity contribution in [1.29, 1.82) is 0 Å². The van der Waals surface area contributed by atoms with Crippen molar-refractivity contribution in [3.63, 3.8) is 0 Å². The van der Waals surface area contributed by atoms with Gasteiger partial charge >= 0.3 is 0 Å². The smallest absolute Gasteiger partial charge is 0.252 e. The molecule has 0 unspecified atom stereocenters. The summed E-state index contributed by atoms with van der Waals surface area (Å²) in [5.41, 5.74) is 0.745. The number of rotatable bonds is 6. The van der Waals surface area contributed by atoms with Crippen LogP contribution in [0.4, 0.5) is 0 Å². The van der Waals surface area contributed by atoms with Crippen molar-refractivity contribution in [1.82, 2.24) is 10.3 Å². The van der Waals surface area contributed by atoms with Crippen LogP contribution < -0.4 is 5.32 Å². The number of carbonyl (C=O) groups is 1. The first kappa shape index (κ1) is 14.2. The molecule has 94 valence electrons. The van der Waals surface area contributed by atoms with Gasteiger partial charge in [0.1, 0.15) is 0 Å². The molecule has 0 saturated carbocycles. The van der Waals surface area contributed by atoms with E-state index in [9.17, 15) is 4.79 Å². The minimum Gasteiger partial charge on any atom is -0.351 e. The highest BCUT2D eigenvalue weighted by molar-refractivity contribution is 9.09. The highest BCUT2D eigenvalue weighted by Crippen LogP contribution is 2.21. The van der Waals surface area contributed by atoms with Crippen molar-refractivity contribution in [2.24, 2.45) is 5.41 Å². The average molecular weight is 299 g/mol.